The van der Waals surface area contributed by atoms with Crippen molar-refractivity contribution in [3.05, 3.63) is 12.2 Å². The number of hydrogen-bond acceptors (Lipinski definition) is 3. The quantitative estimate of drug-likeness (QED) is 0.663. The molecule has 0 spiro atoms. The third-order valence-electron chi connectivity index (χ3n) is 4.32. The fraction of sp³-hybridized carbons (Fsp3) is 0.714. The number of carbonyl (C=O) groups is 2. The van der Waals surface area contributed by atoms with Gasteiger partial charge in [-0.05, 0) is 19.3 Å². The number of carboxylic acid groups (broad SMARTS) is 1. The summed E-state index contributed by atoms with van der Waals surface area (Å²) in [5.41, 5.74) is 4.95. The average Bonchev–Trinajstić information content (AvgIpc) is 2.83. The Labute approximate surface area is 113 Å². The lowest BCUT2D eigenvalue weighted by atomic mass is 9.74. The van der Waals surface area contributed by atoms with E-state index in [9.17, 15) is 14.7 Å². The molecule has 1 fully saturated rings. The smallest absolute Gasteiger partial charge is 0.311 e. The van der Waals surface area contributed by atoms with E-state index in [1.165, 1.54) is 0 Å². The highest BCUT2D eigenvalue weighted by Gasteiger charge is 2.40. The Hall–Kier alpha value is -1.36. The summed E-state index contributed by atoms with van der Waals surface area (Å²) in [5.74, 6) is -1.09. The van der Waals surface area contributed by atoms with Crippen LogP contribution < -0.4 is 11.1 Å². The molecule has 0 bridgehead atoms. The Morgan fingerprint density at radius 3 is 2.47 bits per heavy atom. The Kier molecular flexibility index (Phi) is 4.24. The van der Waals surface area contributed by atoms with Gasteiger partial charge in [-0.2, -0.15) is 0 Å². The normalized spacial score (nSPS) is 29.1. The molecule has 2 rings (SSSR count). The maximum atomic E-state index is 12.0. The molecule has 5 nitrogen and oxygen atoms in total. The molecular formula is C14H22N2O3. The zero-order valence-corrected chi connectivity index (χ0v) is 11.1. The Morgan fingerprint density at radius 1 is 1.26 bits per heavy atom. The molecule has 2 aliphatic rings. The van der Waals surface area contributed by atoms with Crippen LogP contribution in [0.2, 0.25) is 0 Å². The van der Waals surface area contributed by atoms with Crippen LogP contribution in [0.1, 0.15) is 38.5 Å². The minimum atomic E-state index is -0.786. The largest absolute Gasteiger partial charge is 0.481 e. The summed E-state index contributed by atoms with van der Waals surface area (Å²) in [6, 6.07) is -0.0566. The molecule has 2 aliphatic carbocycles. The van der Waals surface area contributed by atoms with E-state index in [-0.39, 0.29) is 24.4 Å². The van der Waals surface area contributed by atoms with E-state index in [1.807, 2.05) is 12.2 Å². The van der Waals surface area contributed by atoms with Crippen molar-refractivity contribution in [1.82, 2.24) is 5.32 Å². The van der Waals surface area contributed by atoms with Gasteiger partial charge in [0, 0.05) is 12.6 Å². The van der Waals surface area contributed by atoms with E-state index in [0.29, 0.717) is 19.3 Å². The van der Waals surface area contributed by atoms with Gasteiger partial charge in [-0.1, -0.05) is 31.4 Å². The second-order valence-corrected chi connectivity index (χ2v) is 5.75. The van der Waals surface area contributed by atoms with E-state index >= 15 is 0 Å². The summed E-state index contributed by atoms with van der Waals surface area (Å²) in [5, 5.41) is 12.2. The Morgan fingerprint density at radius 2 is 1.95 bits per heavy atom. The molecule has 0 heterocycles. The van der Waals surface area contributed by atoms with Crippen molar-refractivity contribution in [2.24, 2.45) is 17.1 Å². The van der Waals surface area contributed by atoms with Crippen molar-refractivity contribution >= 4 is 11.9 Å². The molecule has 5 heteroatoms. The predicted molar refractivity (Wildman–Crippen MR) is 71.4 cm³/mol. The van der Waals surface area contributed by atoms with Crippen LogP contribution in [0.5, 0.6) is 0 Å². The van der Waals surface area contributed by atoms with Gasteiger partial charge in [-0.15, -0.1) is 0 Å². The zero-order chi connectivity index (χ0) is 13.9. The lowest BCUT2D eigenvalue weighted by molar-refractivity contribution is -0.151. The monoisotopic (exact) mass is 266 g/mol. The predicted octanol–water partition coefficient (Wildman–Crippen LogP) is 1.04. The topological polar surface area (TPSA) is 92.4 Å². The van der Waals surface area contributed by atoms with Gasteiger partial charge in [0.05, 0.1) is 11.3 Å². The molecule has 2 unspecified atom stereocenters. The van der Waals surface area contributed by atoms with Crippen LogP contribution in [0.4, 0.5) is 0 Å². The van der Waals surface area contributed by atoms with Gasteiger partial charge in [0.25, 0.3) is 0 Å². The van der Waals surface area contributed by atoms with E-state index in [1.54, 1.807) is 0 Å². The molecule has 106 valence electrons. The third-order valence-corrected chi connectivity index (χ3v) is 4.32. The molecule has 0 radical (unpaired) electrons. The molecule has 4 N–H and O–H groups in total. The van der Waals surface area contributed by atoms with Crippen LogP contribution in [0.3, 0.4) is 0 Å². The summed E-state index contributed by atoms with van der Waals surface area (Å²) >= 11 is 0. The molecule has 1 saturated carbocycles. The molecule has 0 aromatic carbocycles. The maximum Gasteiger partial charge on any atom is 0.311 e. The summed E-state index contributed by atoms with van der Waals surface area (Å²) in [6.45, 7) is 0.237. The minimum Gasteiger partial charge on any atom is -0.481 e. The van der Waals surface area contributed by atoms with E-state index in [4.69, 9.17) is 5.73 Å². The number of nitrogens with two attached hydrogens (primary N) is 1. The molecular weight excluding hydrogens is 244 g/mol. The summed E-state index contributed by atoms with van der Waals surface area (Å²) < 4.78 is 0. The number of rotatable bonds is 4. The van der Waals surface area contributed by atoms with Crippen molar-refractivity contribution in [2.75, 3.05) is 6.54 Å². The fourth-order valence-electron chi connectivity index (χ4n) is 3.00. The minimum absolute atomic E-state index is 0.0566. The van der Waals surface area contributed by atoms with Gasteiger partial charge >= 0.3 is 5.97 Å². The highest BCUT2D eigenvalue weighted by Crippen LogP contribution is 2.36. The Bertz CT molecular complexity index is 386. The van der Waals surface area contributed by atoms with Crippen LogP contribution in [0.25, 0.3) is 0 Å². The number of aliphatic carboxylic acids is 1. The van der Waals surface area contributed by atoms with Gasteiger partial charge in [0.2, 0.25) is 5.91 Å². The van der Waals surface area contributed by atoms with Crippen LogP contribution in [0, 0.1) is 11.3 Å². The summed E-state index contributed by atoms with van der Waals surface area (Å²) in [6.07, 6.45) is 8.51. The van der Waals surface area contributed by atoms with Gasteiger partial charge in [-0.25, -0.2) is 0 Å². The third kappa shape index (κ3) is 3.15. The SMILES string of the molecule is NC1C=CC(C(=O)NCC2(C(=O)O)CCCCC2)C1. The van der Waals surface area contributed by atoms with Crippen molar-refractivity contribution in [2.45, 2.75) is 44.6 Å². The van der Waals surface area contributed by atoms with Crippen LogP contribution in [0.15, 0.2) is 12.2 Å². The summed E-state index contributed by atoms with van der Waals surface area (Å²) in [7, 11) is 0. The lowest BCUT2D eigenvalue weighted by Crippen LogP contribution is -2.45. The van der Waals surface area contributed by atoms with Gasteiger partial charge in [0.1, 0.15) is 0 Å². The molecule has 0 saturated heterocycles. The second-order valence-electron chi connectivity index (χ2n) is 5.75. The first-order valence-corrected chi connectivity index (χ1v) is 6.98. The molecule has 1 amide bonds. The maximum absolute atomic E-state index is 12.0. The Balaban J connectivity index is 1.90. The van der Waals surface area contributed by atoms with Gasteiger partial charge < -0.3 is 16.2 Å². The van der Waals surface area contributed by atoms with E-state index < -0.39 is 11.4 Å². The van der Waals surface area contributed by atoms with Crippen molar-refractivity contribution in [3.8, 4) is 0 Å². The van der Waals surface area contributed by atoms with E-state index in [2.05, 4.69) is 5.32 Å². The number of carbonyl (C=O) groups excluding carboxylic acids is 1. The number of nitrogens with one attached hydrogen (secondary N) is 1. The molecule has 19 heavy (non-hydrogen) atoms. The first-order valence-electron chi connectivity index (χ1n) is 6.98. The second kappa shape index (κ2) is 5.74. The number of amides is 1. The first-order chi connectivity index (χ1) is 9.03. The van der Waals surface area contributed by atoms with Crippen molar-refractivity contribution in [1.29, 1.82) is 0 Å². The summed E-state index contributed by atoms with van der Waals surface area (Å²) in [4.78, 5) is 23.5. The lowest BCUT2D eigenvalue weighted by Gasteiger charge is -2.33. The number of hydrogen-bond donors (Lipinski definition) is 3. The van der Waals surface area contributed by atoms with Crippen LogP contribution >= 0.6 is 0 Å². The highest BCUT2D eigenvalue weighted by molar-refractivity contribution is 5.82. The van der Waals surface area contributed by atoms with Gasteiger partial charge in [-0.3, -0.25) is 9.59 Å². The van der Waals surface area contributed by atoms with Gasteiger partial charge in [0.15, 0.2) is 0 Å². The van der Waals surface area contributed by atoms with Crippen LogP contribution in [-0.2, 0) is 9.59 Å². The first kappa shape index (κ1) is 14.1. The molecule has 0 aromatic rings. The molecule has 0 aliphatic heterocycles. The molecule has 0 aromatic heterocycles. The molecule has 2 atom stereocenters. The van der Waals surface area contributed by atoms with Crippen molar-refractivity contribution < 1.29 is 14.7 Å². The standard InChI is InChI=1S/C14H22N2O3/c15-11-5-4-10(8-11)12(17)16-9-14(13(18)19)6-2-1-3-7-14/h4-5,10-11H,1-3,6-9,15H2,(H,16,17)(H,18,19). The van der Waals surface area contributed by atoms with Crippen molar-refractivity contribution in [3.63, 3.8) is 0 Å². The number of carboxylic acids is 1. The highest BCUT2D eigenvalue weighted by atomic mass is 16.4. The fourth-order valence-corrected chi connectivity index (χ4v) is 3.00. The average molecular weight is 266 g/mol. The van der Waals surface area contributed by atoms with E-state index in [0.717, 1.165) is 19.3 Å². The zero-order valence-electron chi connectivity index (χ0n) is 11.1. The van der Waals surface area contributed by atoms with Crippen LogP contribution in [-0.4, -0.2) is 29.6 Å².